The molecule has 0 fully saturated rings. The number of rotatable bonds is 7. The molecule has 0 bridgehead atoms. The van der Waals surface area contributed by atoms with Crippen molar-refractivity contribution >= 4 is 68.1 Å². The fourth-order valence-electron chi connectivity index (χ4n) is 4.22. The van der Waals surface area contributed by atoms with Gasteiger partial charge in [0.05, 0.1) is 26.9 Å². The van der Waals surface area contributed by atoms with Gasteiger partial charge in [-0.1, -0.05) is 47.7 Å². The van der Waals surface area contributed by atoms with Gasteiger partial charge in [-0.15, -0.1) is 11.3 Å². The second-order valence-electron chi connectivity index (χ2n) is 8.36. The van der Waals surface area contributed by atoms with E-state index in [4.69, 9.17) is 14.1 Å². The maximum atomic E-state index is 13.9. The first kappa shape index (κ1) is 26.6. The molecule has 5 aromatic rings. The predicted molar refractivity (Wildman–Crippen MR) is 158 cm³/mol. The molecule has 1 aliphatic heterocycles. The van der Waals surface area contributed by atoms with Crippen LogP contribution in [-0.4, -0.2) is 27.1 Å². The Balaban J connectivity index is 1.52. The van der Waals surface area contributed by atoms with Gasteiger partial charge in [-0.3, -0.25) is 9.36 Å². The molecule has 0 saturated carbocycles. The summed E-state index contributed by atoms with van der Waals surface area (Å²) in [6.07, 6.45) is 5.00. The second-order valence-corrected chi connectivity index (χ2v) is 12.1. The monoisotopic (exact) mass is 650 g/mol. The van der Waals surface area contributed by atoms with Crippen LogP contribution in [0, 0.1) is 0 Å². The Morgan fingerprint density at radius 3 is 2.70 bits per heavy atom. The van der Waals surface area contributed by atoms with Crippen LogP contribution in [0.5, 0.6) is 0 Å². The first-order valence-electron chi connectivity index (χ1n) is 12.1. The number of nitrogens with zero attached hydrogens (tertiary/aromatic N) is 4. The van der Waals surface area contributed by atoms with Crippen LogP contribution in [0.3, 0.4) is 0 Å². The number of thiazole rings is 1. The number of carbonyl (C=O) groups is 1. The van der Waals surface area contributed by atoms with Gasteiger partial charge in [0.25, 0.3) is 5.56 Å². The predicted octanol–water partition coefficient (Wildman–Crippen LogP) is 5.29. The molecule has 8 nitrogen and oxygen atoms in total. The summed E-state index contributed by atoms with van der Waals surface area (Å²) in [5, 5.41) is 3.03. The van der Waals surface area contributed by atoms with Gasteiger partial charge in [0.2, 0.25) is 0 Å². The average Bonchev–Trinajstić information content (AvgIpc) is 3.69. The van der Waals surface area contributed by atoms with Crippen LogP contribution in [0.2, 0.25) is 0 Å². The topological polar surface area (TPSA) is 99.6 Å². The zero-order chi connectivity index (χ0) is 27.6. The van der Waals surface area contributed by atoms with E-state index in [0.29, 0.717) is 36.6 Å². The zero-order valence-corrected chi connectivity index (χ0v) is 24.9. The SMILES string of the molecule is CCOC(=O)C1=C(c2ccccc2)N=c2s/c(=C/c3cc(Br)c(Sc4ncccn4)o3)c(=O)n2[C@H]1c1cccs1. The molecule has 5 heterocycles. The maximum Gasteiger partial charge on any atom is 0.338 e. The smallest absolute Gasteiger partial charge is 0.338 e. The molecular formula is C28H19BrN4O4S3. The van der Waals surface area contributed by atoms with Gasteiger partial charge >= 0.3 is 5.97 Å². The normalized spacial score (nSPS) is 15.2. The molecule has 0 spiro atoms. The van der Waals surface area contributed by atoms with Gasteiger partial charge in [-0.05, 0) is 58.2 Å². The van der Waals surface area contributed by atoms with Gasteiger partial charge in [0, 0.05) is 28.9 Å². The third kappa shape index (κ3) is 5.15. The van der Waals surface area contributed by atoms with Crippen molar-refractivity contribution in [2.75, 3.05) is 6.61 Å². The number of hydrogen-bond donors (Lipinski definition) is 0. The molecule has 200 valence electrons. The first-order chi connectivity index (χ1) is 19.5. The lowest BCUT2D eigenvalue weighted by Crippen LogP contribution is -2.39. The molecule has 0 saturated heterocycles. The van der Waals surface area contributed by atoms with Crippen LogP contribution in [0.15, 0.2) is 107 Å². The van der Waals surface area contributed by atoms with Crippen LogP contribution < -0.4 is 14.9 Å². The van der Waals surface area contributed by atoms with Gasteiger partial charge < -0.3 is 9.15 Å². The molecule has 1 atom stereocenters. The van der Waals surface area contributed by atoms with Crippen molar-refractivity contribution in [3.05, 3.63) is 118 Å². The molecule has 4 aromatic heterocycles. The van der Waals surface area contributed by atoms with E-state index in [-0.39, 0.29) is 12.2 Å². The third-order valence-corrected chi connectivity index (χ3v) is 9.50. The number of aromatic nitrogens is 3. The van der Waals surface area contributed by atoms with Crippen LogP contribution in [0.1, 0.15) is 29.2 Å². The minimum absolute atomic E-state index is 0.202. The maximum absolute atomic E-state index is 13.9. The van der Waals surface area contributed by atoms with E-state index >= 15 is 0 Å². The van der Waals surface area contributed by atoms with E-state index in [9.17, 15) is 9.59 Å². The molecule has 40 heavy (non-hydrogen) atoms. The van der Waals surface area contributed by atoms with E-state index < -0.39 is 12.0 Å². The van der Waals surface area contributed by atoms with Crippen LogP contribution in [0.25, 0.3) is 11.8 Å². The first-order valence-corrected chi connectivity index (χ1v) is 15.4. The average molecular weight is 652 g/mol. The highest BCUT2D eigenvalue weighted by Crippen LogP contribution is 2.37. The highest BCUT2D eigenvalue weighted by molar-refractivity contribution is 9.10. The molecule has 12 heteroatoms. The summed E-state index contributed by atoms with van der Waals surface area (Å²) >= 11 is 7.51. The van der Waals surface area contributed by atoms with Crippen LogP contribution in [-0.2, 0) is 9.53 Å². The minimum Gasteiger partial charge on any atom is -0.463 e. The van der Waals surface area contributed by atoms with Crippen LogP contribution >= 0.6 is 50.4 Å². The molecule has 0 unspecified atom stereocenters. The summed E-state index contributed by atoms with van der Waals surface area (Å²) in [5.74, 6) is -0.0197. The molecule has 0 aliphatic carbocycles. The van der Waals surface area contributed by atoms with Gasteiger partial charge in [-0.2, -0.15) is 0 Å². The van der Waals surface area contributed by atoms with Crippen molar-refractivity contribution in [2.24, 2.45) is 4.99 Å². The number of halogens is 1. The number of ether oxygens (including phenoxy) is 1. The lowest BCUT2D eigenvalue weighted by molar-refractivity contribution is -0.138. The fourth-order valence-corrected chi connectivity index (χ4v) is 7.26. The van der Waals surface area contributed by atoms with Crippen molar-refractivity contribution in [1.82, 2.24) is 14.5 Å². The fraction of sp³-hybridized carbons (Fsp3) is 0.107. The quantitative estimate of drug-likeness (QED) is 0.174. The highest BCUT2D eigenvalue weighted by atomic mass is 79.9. The Morgan fingerprint density at radius 1 is 1.18 bits per heavy atom. The van der Waals surface area contributed by atoms with E-state index in [1.807, 2.05) is 47.8 Å². The standard InChI is InChI=1S/C28H19BrN4O4S3/c1-2-36-25(35)21-22(16-8-4-3-5-9-16)32-28-33(23(21)19-10-6-13-38-19)24(34)20(39-28)15-17-14-18(29)26(37-17)40-27-30-11-7-12-31-27/h3-15,23H,2H2,1H3/b20-15+/t23-/m0/s1. The van der Waals surface area contributed by atoms with Crippen LogP contribution in [0.4, 0.5) is 0 Å². The molecule has 1 aromatic carbocycles. The summed E-state index contributed by atoms with van der Waals surface area (Å²) in [5.41, 5.74) is 1.32. The van der Waals surface area contributed by atoms with Gasteiger partial charge in [-0.25, -0.2) is 19.8 Å². The number of benzene rings is 1. The zero-order valence-electron chi connectivity index (χ0n) is 20.8. The summed E-state index contributed by atoms with van der Waals surface area (Å²) in [7, 11) is 0. The summed E-state index contributed by atoms with van der Waals surface area (Å²) in [4.78, 5) is 41.9. The Hall–Kier alpha value is -3.58. The number of fused-ring (bicyclic) bond motifs is 1. The summed E-state index contributed by atoms with van der Waals surface area (Å²) < 4.78 is 14.2. The molecule has 0 radical (unpaired) electrons. The highest BCUT2D eigenvalue weighted by Gasteiger charge is 2.35. The molecule has 0 amide bonds. The Labute approximate surface area is 248 Å². The number of furan rings is 1. The van der Waals surface area contributed by atoms with Crippen molar-refractivity contribution in [3.8, 4) is 0 Å². The molecule has 0 N–H and O–H groups in total. The van der Waals surface area contributed by atoms with Crippen molar-refractivity contribution in [2.45, 2.75) is 23.2 Å². The number of carbonyl (C=O) groups excluding carboxylic acids is 1. The van der Waals surface area contributed by atoms with Crippen molar-refractivity contribution < 1.29 is 13.9 Å². The summed E-state index contributed by atoms with van der Waals surface area (Å²) in [6, 6.07) is 16.1. The second kappa shape index (κ2) is 11.5. The lowest BCUT2D eigenvalue weighted by atomic mass is 9.97. The Bertz CT molecular complexity index is 1900. The van der Waals surface area contributed by atoms with Crippen molar-refractivity contribution in [1.29, 1.82) is 0 Å². The third-order valence-electron chi connectivity index (χ3n) is 5.86. The Morgan fingerprint density at radius 2 is 1.98 bits per heavy atom. The largest absolute Gasteiger partial charge is 0.463 e. The van der Waals surface area contributed by atoms with E-state index in [0.717, 1.165) is 14.9 Å². The molecular weight excluding hydrogens is 632 g/mol. The lowest BCUT2D eigenvalue weighted by Gasteiger charge is -2.24. The van der Waals surface area contributed by atoms with E-state index in [1.165, 1.54) is 34.4 Å². The summed E-state index contributed by atoms with van der Waals surface area (Å²) in [6.45, 7) is 1.96. The van der Waals surface area contributed by atoms with E-state index in [2.05, 4.69) is 25.9 Å². The minimum atomic E-state index is -0.683. The number of thiophene rings is 1. The van der Waals surface area contributed by atoms with E-state index in [1.54, 1.807) is 42.1 Å². The molecule has 1 aliphatic rings. The number of hydrogen-bond acceptors (Lipinski definition) is 10. The Kier molecular flexibility index (Phi) is 7.65. The van der Waals surface area contributed by atoms with Crippen molar-refractivity contribution in [3.63, 3.8) is 0 Å². The van der Waals surface area contributed by atoms with Gasteiger partial charge in [0.1, 0.15) is 11.8 Å². The van der Waals surface area contributed by atoms with Gasteiger partial charge in [0.15, 0.2) is 15.1 Å². The molecule has 6 rings (SSSR count). The number of esters is 1.